The van der Waals surface area contributed by atoms with Gasteiger partial charge in [-0.2, -0.15) is 0 Å². The number of thiazole rings is 1. The molecule has 3 heterocycles. The zero-order chi connectivity index (χ0) is 31.7. The Morgan fingerprint density at radius 3 is 2.64 bits per heavy atom. The van der Waals surface area contributed by atoms with Crippen molar-refractivity contribution in [3.63, 3.8) is 0 Å². The van der Waals surface area contributed by atoms with Gasteiger partial charge in [-0.05, 0) is 84.6 Å². The van der Waals surface area contributed by atoms with E-state index < -0.39 is 16.9 Å². The number of carbonyl (C=O) groups excluding carboxylic acids is 1. The number of carbonyl (C=O) groups is 1. The van der Waals surface area contributed by atoms with Crippen LogP contribution in [0.2, 0.25) is 0 Å². The van der Waals surface area contributed by atoms with Gasteiger partial charge in [0.05, 0.1) is 45.0 Å². The highest BCUT2D eigenvalue weighted by Crippen LogP contribution is 2.36. The van der Waals surface area contributed by atoms with Gasteiger partial charge >= 0.3 is 5.97 Å². The van der Waals surface area contributed by atoms with Crippen LogP contribution in [0.25, 0.3) is 17.4 Å². The minimum Gasteiger partial charge on any atom is -0.496 e. The number of furan rings is 1. The van der Waals surface area contributed by atoms with Gasteiger partial charge in [0.2, 0.25) is 0 Å². The van der Waals surface area contributed by atoms with E-state index in [1.54, 1.807) is 45.2 Å². The van der Waals surface area contributed by atoms with E-state index in [-0.39, 0.29) is 17.9 Å². The number of rotatable bonds is 9. The number of esters is 1. The molecule has 0 bridgehead atoms. The topological polar surface area (TPSA) is 126 Å². The van der Waals surface area contributed by atoms with Crippen molar-refractivity contribution in [2.24, 2.45) is 4.99 Å². The zero-order valence-corrected chi connectivity index (χ0v) is 27.2. The van der Waals surface area contributed by atoms with Crippen molar-refractivity contribution in [1.29, 1.82) is 0 Å². The molecule has 228 valence electrons. The Balaban J connectivity index is 1.67. The summed E-state index contributed by atoms with van der Waals surface area (Å²) in [6.45, 7) is 7.43. The summed E-state index contributed by atoms with van der Waals surface area (Å²) >= 11 is 4.73. The fourth-order valence-electron chi connectivity index (χ4n) is 5.18. The molecule has 0 saturated heterocycles. The third kappa shape index (κ3) is 5.79. The first-order valence-corrected chi connectivity index (χ1v) is 15.6. The number of benzene rings is 2. The number of nitro groups is 1. The Hall–Kier alpha value is -4.29. The van der Waals surface area contributed by atoms with Gasteiger partial charge in [0.1, 0.15) is 17.3 Å². The molecule has 0 spiro atoms. The fourth-order valence-corrected chi connectivity index (χ4v) is 6.73. The summed E-state index contributed by atoms with van der Waals surface area (Å²) in [6.07, 6.45) is 2.88. The van der Waals surface area contributed by atoms with Crippen molar-refractivity contribution in [2.45, 2.75) is 46.6 Å². The number of allylic oxidation sites excluding steroid dienone is 1. The summed E-state index contributed by atoms with van der Waals surface area (Å²) < 4.78 is 19.4. The number of nitrogens with zero attached hydrogens (tertiary/aromatic N) is 3. The number of hydrogen-bond donors (Lipinski definition) is 0. The lowest BCUT2D eigenvalue weighted by Gasteiger charge is -2.26. The number of aryl methyl sites for hydroxylation is 1. The minimum absolute atomic E-state index is 0.0108. The maximum absolute atomic E-state index is 14.0. The first kappa shape index (κ1) is 31.1. The molecule has 10 nitrogen and oxygen atoms in total. The molecule has 44 heavy (non-hydrogen) atoms. The van der Waals surface area contributed by atoms with Gasteiger partial charge in [0.25, 0.3) is 11.2 Å². The second-order valence-corrected chi connectivity index (χ2v) is 12.1. The van der Waals surface area contributed by atoms with Crippen LogP contribution in [0.3, 0.4) is 0 Å². The van der Waals surface area contributed by atoms with E-state index in [4.69, 9.17) is 18.9 Å². The molecule has 0 aliphatic carbocycles. The number of nitro benzene ring substituents is 1. The first-order valence-electron chi connectivity index (χ1n) is 14.0. The van der Waals surface area contributed by atoms with Crippen LogP contribution in [-0.4, -0.2) is 29.2 Å². The number of aromatic nitrogens is 1. The van der Waals surface area contributed by atoms with Gasteiger partial charge in [-0.25, -0.2) is 9.79 Å². The maximum Gasteiger partial charge on any atom is 0.338 e. The van der Waals surface area contributed by atoms with E-state index in [2.05, 4.69) is 15.9 Å². The lowest BCUT2D eigenvalue weighted by atomic mass is 9.94. The maximum atomic E-state index is 14.0. The second-order valence-electron chi connectivity index (χ2n) is 10.2. The van der Waals surface area contributed by atoms with Crippen LogP contribution in [0, 0.1) is 24.0 Å². The molecule has 2 aromatic heterocycles. The normalized spacial score (nSPS) is 14.8. The van der Waals surface area contributed by atoms with Crippen LogP contribution in [-0.2, 0) is 9.53 Å². The zero-order valence-electron chi connectivity index (χ0n) is 24.8. The lowest BCUT2D eigenvalue weighted by molar-refractivity contribution is -0.385. The molecular formula is C32H30BrN3O7S. The fraction of sp³-hybridized carbons (Fsp3) is 0.281. The van der Waals surface area contributed by atoms with Crippen molar-refractivity contribution >= 4 is 45.0 Å². The quantitative estimate of drug-likeness (QED) is 0.118. The average molecular weight is 681 g/mol. The van der Waals surface area contributed by atoms with Gasteiger partial charge in [0, 0.05) is 23.3 Å². The van der Waals surface area contributed by atoms with Crippen molar-refractivity contribution in [2.75, 3.05) is 13.7 Å². The molecule has 0 fully saturated rings. The van der Waals surface area contributed by atoms with Crippen molar-refractivity contribution in [3.8, 4) is 17.1 Å². The van der Waals surface area contributed by atoms with Gasteiger partial charge in [-0.15, -0.1) is 0 Å². The van der Waals surface area contributed by atoms with Crippen LogP contribution >= 0.6 is 27.3 Å². The Morgan fingerprint density at radius 2 is 1.98 bits per heavy atom. The molecule has 1 unspecified atom stereocenters. The predicted molar refractivity (Wildman–Crippen MR) is 171 cm³/mol. The molecule has 1 atom stereocenters. The molecule has 5 rings (SSSR count). The molecule has 0 amide bonds. The molecular weight excluding hydrogens is 650 g/mol. The van der Waals surface area contributed by atoms with Gasteiger partial charge in [-0.3, -0.25) is 19.5 Å². The number of ether oxygens (including phenoxy) is 2. The summed E-state index contributed by atoms with van der Waals surface area (Å²) in [5, 5.41) is 11.6. The molecule has 1 aliphatic rings. The number of hydrogen-bond acceptors (Lipinski definition) is 9. The van der Waals surface area contributed by atoms with Crippen LogP contribution in [0.1, 0.15) is 55.2 Å². The standard InChI is InChI=1S/C32H30BrN3O7S/c1-6-8-23-28(31(38)42-7-2)29(19-9-11-26(41-5)22(33)14-19)35-30(37)27(44-32(35)34-23)16-21-10-12-25(43-21)20-13-17(3)18(4)24(15-20)36(39)40/h9-16,29H,6-8H2,1-5H3/b27-16-. The number of fused-ring (bicyclic) bond motifs is 1. The minimum atomic E-state index is -0.778. The smallest absolute Gasteiger partial charge is 0.338 e. The highest BCUT2D eigenvalue weighted by Gasteiger charge is 2.34. The molecule has 12 heteroatoms. The number of methoxy groups -OCH3 is 1. The average Bonchev–Trinajstić information content (AvgIpc) is 3.58. The molecule has 2 aromatic carbocycles. The Morgan fingerprint density at radius 1 is 1.20 bits per heavy atom. The molecule has 4 aromatic rings. The Labute approximate surface area is 265 Å². The summed E-state index contributed by atoms with van der Waals surface area (Å²) in [6, 6.07) is 11.4. The number of halogens is 1. The monoisotopic (exact) mass is 679 g/mol. The Bertz CT molecular complexity index is 2000. The van der Waals surface area contributed by atoms with Gasteiger partial charge in [-0.1, -0.05) is 30.7 Å². The van der Waals surface area contributed by atoms with Crippen LogP contribution in [0.5, 0.6) is 5.75 Å². The third-order valence-electron chi connectivity index (χ3n) is 7.41. The molecule has 0 saturated carbocycles. The van der Waals surface area contributed by atoms with Crippen LogP contribution < -0.4 is 19.6 Å². The lowest BCUT2D eigenvalue weighted by Crippen LogP contribution is -2.40. The first-order chi connectivity index (χ1) is 21.1. The summed E-state index contributed by atoms with van der Waals surface area (Å²) in [4.78, 5) is 43.8. The second kappa shape index (κ2) is 12.7. The van der Waals surface area contributed by atoms with Crippen molar-refractivity contribution in [1.82, 2.24) is 4.57 Å². The largest absolute Gasteiger partial charge is 0.496 e. The van der Waals surface area contributed by atoms with Crippen LogP contribution in [0.4, 0.5) is 5.69 Å². The third-order valence-corrected chi connectivity index (χ3v) is 9.01. The van der Waals surface area contributed by atoms with Crippen LogP contribution in [0.15, 0.2) is 72.4 Å². The van der Waals surface area contributed by atoms with Crippen molar-refractivity contribution in [3.05, 3.63) is 110 Å². The summed E-state index contributed by atoms with van der Waals surface area (Å²) in [7, 11) is 1.56. The van der Waals surface area contributed by atoms with E-state index in [0.717, 1.165) is 12.0 Å². The SMILES string of the molecule is CCCC1=C(C(=O)OCC)C(c2ccc(OC)c(Br)c2)n2c(s/c(=C\c3ccc(-c4cc(C)c(C)c([N+](=O)[O-])c4)o3)c2=O)=N1. The Kier molecular flexibility index (Phi) is 9.02. The molecule has 1 aliphatic heterocycles. The van der Waals surface area contributed by atoms with E-state index in [9.17, 15) is 19.7 Å². The highest BCUT2D eigenvalue weighted by molar-refractivity contribution is 9.10. The van der Waals surface area contributed by atoms with Crippen molar-refractivity contribution < 1.29 is 23.6 Å². The van der Waals surface area contributed by atoms with E-state index in [0.29, 0.717) is 65.5 Å². The van der Waals surface area contributed by atoms with E-state index in [1.165, 1.54) is 22.0 Å². The molecule has 0 N–H and O–H groups in total. The summed E-state index contributed by atoms with van der Waals surface area (Å²) in [5.74, 6) is 0.919. The van der Waals surface area contributed by atoms with Gasteiger partial charge in [0.15, 0.2) is 4.80 Å². The van der Waals surface area contributed by atoms with Gasteiger partial charge < -0.3 is 13.9 Å². The van der Waals surface area contributed by atoms with E-state index >= 15 is 0 Å². The van der Waals surface area contributed by atoms with E-state index in [1.807, 2.05) is 32.0 Å². The predicted octanol–water partition coefficient (Wildman–Crippen LogP) is 6.13. The molecule has 0 radical (unpaired) electrons. The summed E-state index contributed by atoms with van der Waals surface area (Å²) in [5.41, 5.74) is 3.18. The highest BCUT2D eigenvalue weighted by atomic mass is 79.9.